The van der Waals surface area contributed by atoms with E-state index in [0.717, 1.165) is 22.0 Å². The molecule has 0 radical (unpaired) electrons. The fraction of sp³-hybridized carbons (Fsp3) is 0.0870. The second kappa shape index (κ2) is 8.65. The number of nitrogens with one attached hydrogen (secondary N) is 2. The Morgan fingerprint density at radius 1 is 1.00 bits per heavy atom. The summed E-state index contributed by atoms with van der Waals surface area (Å²) >= 11 is 7.38. The van der Waals surface area contributed by atoms with Gasteiger partial charge in [0.1, 0.15) is 6.04 Å². The van der Waals surface area contributed by atoms with Gasteiger partial charge in [-0.25, -0.2) is 4.98 Å². The van der Waals surface area contributed by atoms with E-state index >= 15 is 0 Å². The Morgan fingerprint density at radius 3 is 2.53 bits per heavy atom. The van der Waals surface area contributed by atoms with E-state index in [1.165, 1.54) is 11.3 Å². The van der Waals surface area contributed by atoms with E-state index in [2.05, 4.69) is 39.9 Å². The molecule has 0 unspecified atom stereocenters. The molecular formula is C23H18ClN3O2S. The summed E-state index contributed by atoms with van der Waals surface area (Å²) in [4.78, 5) is 29.3. The van der Waals surface area contributed by atoms with Gasteiger partial charge in [0.05, 0.1) is 16.3 Å². The molecule has 3 aromatic carbocycles. The smallest absolute Gasteiger partial charge is 0.253 e. The largest absolute Gasteiger partial charge is 0.340 e. The molecule has 2 amide bonds. The van der Waals surface area contributed by atoms with E-state index in [-0.39, 0.29) is 5.91 Å². The Hall–Kier alpha value is -3.22. The molecule has 4 rings (SSSR count). The lowest BCUT2D eigenvalue weighted by molar-refractivity contribution is -0.117. The van der Waals surface area contributed by atoms with E-state index in [4.69, 9.17) is 11.6 Å². The Kier molecular flexibility index (Phi) is 5.79. The normalized spacial score (nSPS) is 11.8. The summed E-state index contributed by atoms with van der Waals surface area (Å²) in [6.45, 7) is 1.61. The first-order chi connectivity index (χ1) is 14.5. The third-order valence-corrected chi connectivity index (χ3v) is 5.73. The summed E-state index contributed by atoms with van der Waals surface area (Å²) in [5.41, 5.74) is 2.09. The average Bonchev–Trinajstić information content (AvgIpc) is 3.22. The van der Waals surface area contributed by atoms with Crippen LogP contribution in [0.4, 0.5) is 5.13 Å². The average molecular weight is 436 g/mol. The van der Waals surface area contributed by atoms with E-state index < -0.39 is 11.9 Å². The van der Waals surface area contributed by atoms with Crippen LogP contribution in [0.25, 0.3) is 22.0 Å². The van der Waals surface area contributed by atoms with Gasteiger partial charge in [-0.2, -0.15) is 0 Å². The van der Waals surface area contributed by atoms with Crippen LogP contribution in [0.15, 0.2) is 72.1 Å². The van der Waals surface area contributed by atoms with Gasteiger partial charge < -0.3 is 10.6 Å². The lowest BCUT2D eigenvalue weighted by Gasteiger charge is -2.13. The lowest BCUT2D eigenvalue weighted by atomic mass is 10.1. The molecule has 0 aliphatic rings. The van der Waals surface area contributed by atoms with Crippen molar-refractivity contribution >= 4 is 50.7 Å². The highest BCUT2D eigenvalue weighted by Gasteiger charge is 2.19. The van der Waals surface area contributed by atoms with Crippen LogP contribution in [-0.2, 0) is 4.79 Å². The van der Waals surface area contributed by atoms with Gasteiger partial charge in [0.15, 0.2) is 5.13 Å². The van der Waals surface area contributed by atoms with Crippen molar-refractivity contribution in [2.24, 2.45) is 0 Å². The van der Waals surface area contributed by atoms with E-state index in [0.29, 0.717) is 15.7 Å². The molecule has 0 saturated heterocycles. The van der Waals surface area contributed by atoms with Gasteiger partial charge in [0.2, 0.25) is 5.91 Å². The minimum atomic E-state index is -0.748. The number of anilines is 1. The Bertz CT molecular complexity index is 1240. The molecule has 1 aromatic heterocycles. The number of aromatic nitrogens is 1. The number of carbonyl (C=O) groups is 2. The highest BCUT2D eigenvalue weighted by Crippen LogP contribution is 2.27. The molecule has 0 fully saturated rings. The van der Waals surface area contributed by atoms with Crippen LogP contribution in [-0.4, -0.2) is 22.8 Å². The molecule has 0 aliphatic carbocycles. The van der Waals surface area contributed by atoms with Gasteiger partial charge in [0.25, 0.3) is 5.91 Å². The number of rotatable bonds is 5. The lowest BCUT2D eigenvalue weighted by Crippen LogP contribution is -2.41. The predicted octanol–water partition coefficient (Wildman–Crippen LogP) is 5.37. The summed E-state index contributed by atoms with van der Waals surface area (Å²) in [6.07, 6.45) is 0. The summed E-state index contributed by atoms with van der Waals surface area (Å²) in [5.74, 6) is -0.756. The number of hydrogen-bond donors (Lipinski definition) is 2. The van der Waals surface area contributed by atoms with Crippen LogP contribution in [0.3, 0.4) is 0 Å². The highest BCUT2D eigenvalue weighted by atomic mass is 35.5. The number of thiazole rings is 1. The highest BCUT2D eigenvalue weighted by molar-refractivity contribution is 7.14. The van der Waals surface area contributed by atoms with Crippen LogP contribution in [0.2, 0.25) is 5.02 Å². The number of halogens is 1. The van der Waals surface area contributed by atoms with Crippen molar-refractivity contribution < 1.29 is 9.59 Å². The Morgan fingerprint density at radius 2 is 1.73 bits per heavy atom. The number of fused-ring (bicyclic) bond motifs is 1. The summed E-state index contributed by atoms with van der Waals surface area (Å²) in [5, 5.41) is 10.4. The predicted molar refractivity (Wildman–Crippen MR) is 122 cm³/mol. The molecule has 0 spiro atoms. The zero-order chi connectivity index (χ0) is 21.1. The molecule has 4 aromatic rings. The second-order valence-corrected chi connectivity index (χ2v) is 8.03. The number of carbonyl (C=O) groups excluding carboxylic acids is 2. The summed E-state index contributed by atoms with van der Waals surface area (Å²) in [6, 6.07) is 20.2. The second-order valence-electron chi connectivity index (χ2n) is 6.76. The zero-order valence-corrected chi connectivity index (χ0v) is 17.6. The van der Waals surface area contributed by atoms with E-state index in [1.54, 1.807) is 31.2 Å². The van der Waals surface area contributed by atoms with E-state index in [1.807, 2.05) is 23.6 Å². The van der Waals surface area contributed by atoms with Crippen LogP contribution in [0.1, 0.15) is 17.3 Å². The standard InChI is InChI=1S/C23H18ClN3O2S/c1-14(25-22(29)18-8-4-5-9-19(18)24)21(28)27-23-26-20(13-30-23)17-11-10-15-6-2-3-7-16(15)12-17/h2-14H,1H3,(H,25,29)(H,26,27,28)/t14-/m0/s1. The molecule has 2 N–H and O–H groups in total. The van der Waals surface area contributed by atoms with Crippen molar-refractivity contribution in [3.05, 3.63) is 82.7 Å². The van der Waals surface area contributed by atoms with E-state index in [9.17, 15) is 9.59 Å². The van der Waals surface area contributed by atoms with Crippen LogP contribution >= 0.6 is 22.9 Å². The van der Waals surface area contributed by atoms with Crippen molar-refractivity contribution in [1.82, 2.24) is 10.3 Å². The number of benzene rings is 3. The van der Waals surface area contributed by atoms with Gasteiger partial charge >= 0.3 is 0 Å². The van der Waals surface area contributed by atoms with Gasteiger partial charge in [-0.05, 0) is 35.9 Å². The summed E-state index contributed by atoms with van der Waals surface area (Å²) < 4.78 is 0. The molecule has 0 saturated carbocycles. The van der Waals surface area contributed by atoms with Gasteiger partial charge in [-0.1, -0.05) is 60.1 Å². The molecule has 5 nitrogen and oxygen atoms in total. The first-order valence-electron chi connectivity index (χ1n) is 9.32. The molecule has 0 aliphatic heterocycles. The Balaban J connectivity index is 1.43. The van der Waals surface area contributed by atoms with Gasteiger partial charge in [-0.15, -0.1) is 11.3 Å². The molecule has 0 bridgehead atoms. The van der Waals surface area contributed by atoms with Crippen molar-refractivity contribution in [2.75, 3.05) is 5.32 Å². The fourth-order valence-electron chi connectivity index (χ4n) is 3.01. The van der Waals surface area contributed by atoms with Crippen molar-refractivity contribution in [1.29, 1.82) is 0 Å². The third kappa shape index (κ3) is 4.35. The topological polar surface area (TPSA) is 71.1 Å². The minimum Gasteiger partial charge on any atom is -0.340 e. The van der Waals surface area contributed by atoms with Crippen molar-refractivity contribution in [3.8, 4) is 11.3 Å². The first kappa shape index (κ1) is 20.1. The maximum Gasteiger partial charge on any atom is 0.253 e. The van der Waals surface area contributed by atoms with Crippen LogP contribution in [0.5, 0.6) is 0 Å². The van der Waals surface area contributed by atoms with Crippen LogP contribution in [0, 0.1) is 0 Å². The number of amides is 2. The minimum absolute atomic E-state index is 0.326. The van der Waals surface area contributed by atoms with Gasteiger partial charge in [0, 0.05) is 10.9 Å². The monoisotopic (exact) mass is 435 g/mol. The first-order valence-corrected chi connectivity index (χ1v) is 10.6. The molecule has 30 heavy (non-hydrogen) atoms. The molecule has 7 heteroatoms. The zero-order valence-electron chi connectivity index (χ0n) is 16.1. The third-order valence-electron chi connectivity index (χ3n) is 4.64. The fourth-order valence-corrected chi connectivity index (χ4v) is 3.96. The molecular weight excluding hydrogens is 418 g/mol. The number of hydrogen-bond acceptors (Lipinski definition) is 4. The Labute approximate surface area is 182 Å². The number of nitrogens with zero attached hydrogens (tertiary/aromatic N) is 1. The van der Waals surface area contributed by atoms with Crippen LogP contribution < -0.4 is 10.6 Å². The van der Waals surface area contributed by atoms with Gasteiger partial charge in [-0.3, -0.25) is 9.59 Å². The maximum atomic E-state index is 12.5. The maximum absolute atomic E-state index is 12.5. The van der Waals surface area contributed by atoms with Crippen molar-refractivity contribution in [2.45, 2.75) is 13.0 Å². The quantitative estimate of drug-likeness (QED) is 0.442. The van der Waals surface area contributed by atoms with Crippen molar-refractivity contribution in [3.63, 3.8) is 0 Å². The summed E-state index contributed by atoms with van der Waals surface area (Å²) in [7, 11) is 0. The SMILES string of the molecule is C[C@H](NC(=O)c1ccccc1Cl)C(=O)Nc1nc(-c2ccc3ccccc3c2)cs1. The molecule has 1 heterocycles. The molecule has 1 atom stereocenters. The molecule has 150 valence electrons.